The Labute approximate surface area is 187 Å². The van der Waals surface area contributed by atoms with Gasteiger partial charge in [-0.3, -0.25) is 0 Å². The number of piperidine rings is 1. The number of rotatable bonds is 4. The van der Waals surface area contributed by atoms with Crippen molar-refractivity contribution in [3.05, 3.63) is 30.5 Å². The van der Waals surface area contributed by atoms with Crippen LogP contribution in [0.4, 0.5) is 5.95 Å². The molecule has 32 heavy (non-hydrogen) atoms. The molecule has 0 unspecified atom stereocenters. The van der Waals surface area contributed by atoms with Gasteiger partial charge in [0.05, 0.1) is 27.7 Å². The van der Waals surface area contributed by atoms with Crippen molar-refractivity contribution in [1.82, 2.24) is 25.1 Å². The molecule has 3 aromatic rings. The van der Waals surface area contributed by atoms with Crippen molar-refractivity contribution < 1.29 is 13.5 Å². The van der Waals surface area contributed by atoms with Crippen LogP contribution in [0.25, 0.3) is 22.3 Å². The molecule has 9 nitrogen and oxygen atoms in total. The number of fused-ring (bicyclic) bond motifs is 1. The van der Waals surface area contributed by atoms with Gasteiger partial charge in [0, 0.05) is 11.8 Å². The minimum Gasteiger partial charge on any atom is -0.393 e. The number of aliphatic hydroxyl groups excluding tert-OH is 1. The third-order valence-corrected chi connectivity index (χ3v) is 8.97. The summed E-state index contributed by atoms with van der Waals surface area (Å²) in [7, 11) is -3.53. The van der Waals surface area contributed by atoms with Gasteiger partial charge in [-0.1, -0.05) is 18.2 Å². The third kappa shape index (κ3) is 3.76. The Bertz CT molecular complexity index is 1230. The zero-order chi connectivity index (χ0) is 22.3. The summed E-state index contributed by atoms with van der Waals surface area (Å²) in [6.45, 7) is 1.40. The minimum atomic E-state index is -3.53. The van der Waals surface area contributed by atoms with Gasteiger partial charge in [-0.05, 0) is 57.7 Å². The van der Waals surface area contributed by atoms with Gasteiger partial charge in [-0.15, -0.1) is 0 Å². The number of nitrogens with two attached hydrogens (primary N) is 1. The molecule has 170 valence electrons. The highest BCUT2D eigenvalue weighted by Crippen LogP contribution is 2.37. The number of nitrogens with one attached hydrogen (secondary N) is 1. The zero-order valence-electron chi connectivity index (χ0n) is 17.8. The van der Waals surface area contributed by atoms with E-state index in [1.54, 1.807) is 24.4 Å². The molecule has 2 aliphatic rings. The molecule has 0 radical (unpaired) electrons. The van der Waals surface area contributed by atoms with E-state index in [1.165, 1.54) is 0 Å². The first-order valence-electron chi connectivity index (χ1n) is 11.2. The average molecular weight is 457 g/mol. The number of benzene rings is 1. The van der Waals surface area contributed by atoms with E-state index in [4.69, 9.17) is 10.8 Å². The Kier molecular flexibility index (Phi) is 5.60. The normalized spacial score (nSPS) is 22.9. The molecule has 0 atom stereocenters. The van der Waals surface area contributed by atoms with Crippen molar-refractivity contribution in [2.45, 2.75) is 60.8 Å². The lowest BCUT2D eigenvalue weighted by atomic mass is 9.93. The maximum absolute atomic E-state index is 13.6. The fraction of sp³-hybridized carbons (Fsp3) is 0.500. The van der Waals surface area contributed by atoms with Crippen LogP contribution in [0.2, 0.25) is 0 Å². The Morgan fingerprint density at radius 2 is 1.78 bits per heavy atom. The molecule has 0 spiro atoms. The van der Waals surface area contributed by atoms with Crippen LogP contribution in [0.1, 0.15) is 44.6 Å². The molecule has 4 N–H and O–H groups in total. The average Bonchev–Trinajstić information content (AvgIpc) is 3.18. The second-order valence-electron chi connectivity index (χ2n) is 8.71. The van der Waals surface area contributed by atoms with E-state index in [0.717, 1.165) is 12.8 Å². The largest absolute Gasteiger partial charge is 0.393 e. The smallest absolute Gasteiger partial charge is 0.222 e. The molecular formula is C22H28N6O3S. The first kappa shape index (κ1) is 21.3. The molecule has 1 saturated heterocycles. The van der Waals surface area contributed by atoms with Gasteiger partial charge in [0.25, 0.3) is 0 Å². The number of nitrogens with zero attached hydrogens (tertiary/aromatic N) is 4. The second kappa shape index (κ2) is 8.42. The predicted molar refractivity (Wildman–Crippen MR) is 122 cm³/mol. The molecule has 1 aliphatic carbocycles. The Hall–Kier alpha value is -2.56. The second-order valence-corrected chi connectivity index (χ2v) is 10.9. The van der Waals surface area contributed by atoms with Crippen LogP contribution in [0.5, 0.6) is 0 Å². The molecule has 5 rings (SSSR count). The van der Waals surface area contributed by atoms with Crippen LogP contribution < -0.4 is 11.1 Å². The maximum atomic E-state index is 13.6. The first-order valence-corrected chi connectivity index (χ1v) is 12.7. The highest BCUT2D eigenvalue weighted by molar-refractivity contribution is 7.92. The summed E-state index contributed by atoms with van der Waals surface area (Å²) in [5.74, 6) is 0.150. The molecular weight excluding hydrogens is 428 g/mol. The number of sulfone groups is 1. The highest BCUT2D eigenvalue weighted by atomic mass is 32.2. The molecule has 1 aliphatic heterocycles. The number of nitrogen functional groups attached to an aromatic ring is 1. The quantitative estimate of drug-likeness (QED) is 0.543. The van der Waals surface area contributed by atoms with E-state index in [-0.39, 0.29) is 18.1 Å². The van der Waals surface area contributed by atoms with E-state index in [1.807, 2.05) is 10.7 Å². The van der Waals surface area contributed by atoms with Gasteiger partial charge in [0.1, 0.15) is 5.69 Å². The molecule has 1 aromatic carbocycles. The van der Waals surface area contributed by atoms with Crippen molar-refractivity contribution in [3.8, 4) is 11.3 Å². The van der Waals surface area contributed by atoms with Crippen molar-refractivity contribution in [3.63, 3.8) is 0 Å². The fourth-order valence-electron chi connectivity index (χ4n) is 4.89. The van der Waals surface area contributed by atoms with Gasteiger partial charge >= 0.3 is 0 Å². The highest BCUT2D eigenvalue weighted by Gasteiger charge is 2.33. The van der Waals surface area contributed by atoms with Gasteiger partial charge < -0.3 is 16.2 Å². The summed E-state index contributed by atoms with van der Waals surface area (Å²) >= 11 is 0. The summed E-state index contributed by atoms with van der Waals surface area (Å²) in [6, 6.07) is 7.13. The summed E-state index contributed by atoms with van der Waals surface area (Å²) in [4.78, 5) is 8.91. The van der Waals surface area contributed by atoms with Crippen LogP contribution in [0, 0.1) is 0 Å². The minimum absolute atomic E-state index is 0.0668. The van der Waals surface area contributed by atoms with Crippen LogP contribution in [-0.4, -0.2) is 57.7 Å². The number of aromatic nitrogens is 4. The van der Waals surface area contributed by atoms with Gasteiger partial charge in [-0.2, -0.15) is 10.1 Å². The Morgan fingerprint density at radius 1 is 1.06 bits per heavy atom. The SMILES string of the molecule is Nc1ncc2c(-c3ccccc3S(=O)(=O)C3CCNCC3)nn(C3CCC(O)CC3)c2n1. The number of hydrogen-bond acceptors (Lipinski definition) is 8. The van der Waals surface area contributed by atoms with Crippen LogP contribution in [0.15, 0.2) is 35.4 Å². The van der Waals surface area contributed by atoms with Crippen molar-refractivity contribution in [2.75, 3.05) is 18.8 Å². The fourth-order valence-corrected chi connectivity index (χ4v) is 6.84. The number of hydrogen-bond donors (Lipinski definition) is 3. The molecule has 0 bridgehead atoms. The first-order chi connectivity index (χ1) is 15.4. The monoisotopic (exact) mass is 456 g/mol. The van der Waals surface area contributed by atoms with E-state index in [9.17, 15) is 13.5 Å². The van der Waals surface area contributed by atoms with E-state index >= 15 is 0 Å². The topological polar surface area (TPSA) is 136 Å². The number of aliphatic hydroxyl groups is 1. The van der Waals surface area contributed by atoms with Crippen molar-refractivity contribution >= 4 is 26.8 Å². The van der Waals surface area contributed by atoms with Crippen molar-refractivity contribution in [1.29, 1.82) is 0 Å². The Morgan fingerprint density at radius 3 is 2.53 bits per heavy atom. The zero-order valence-corrected chi connectivity index (χ0v) is 18.6. The van der Waals surface area contributed by atoms with Gasteiger partial charge in [0.2, 0.25) is 5.95 Å². The third-order valence-electron chi connectivity index (χ3n) is 6.65. The standard InChI is InChI=1S/C22H28N6O3S/c23-22-25-13-18-20(27-28(21(18)26-22)14-5-7-15(29)8-6-14)17-3-1-2-4-19(17)32(30,31)16-9-11-24-12-10-16/h1-4,13-16,24,29H,5-12H2,(H2,23,25,26). The van der Waals surface area contributed by atoms with Crippen LogP contribution in [0.3, 0.4) is 0 Å². The van der Waals surface area contributed by atoms with Crippen molar-refractivity contribution in [2.24, 2.45) is 0 Å². The summed E-state index contributed by atoms with van der Waals surface area (Å²) in [5.41, 5.74) is 7.61. The molecule has 0 amide bonds. The number of anilines is 1. The predicted octanol–water partition coefficient (Wildman–Crippen LogP) is 2.08. The van der Waals surface area contributed by atoms with Gasteiger partial charge in [-0.25, -0.2) is 18.1 Å². The summed E-state index contributed by atoms with van der Waals surface area (Å²) in [6.07, 6.45) is 5.47. The lowest BCUT2D eigenvalue weighted by molar-refractivity contribution is 0.109. The van der Waals surface area contributed by atoms with E-state index in [0.29, 0.717) is 66.0 Å². The summed E-state index contributed by atoms with van der Waals surface area (Å²) in [5, 5.41) is 18.3. The lowest BCUT2D eigenvalue weighted by Crippen LogP contribution is -2.35. The lowest BCUT2D eigenvalue weighted by Gasteiger charge is -2.25. The Balaban J connectivity index is 1.65. The van der Waals surface area contributed by atoms with Gasteiger partial charge in [0.15, 0.2) is 15.5 Å². The molecule has 10 heteroatoms. The van der Waals surface area contributed by atoms with Crippen LogP contribution >= 0.6 is 0 Å². The summed E-state index contributed by atoms with van der Waals surface area (Å²) < 4.78 is 29.0. The molecule has 3 heterocycles. The molecule has 1 saturated carbocycles. The van der Waals surface area contributed by atoms with E-state index < -0.39 is 15.1 Å². The van der Waals surface area contributed by atoms with Crippen LogP contribution in [-0.2, 0) is 9.84 Å². The van der Waals surface area contributed by atoms with E-state index in [2.05, 4.69) is 15.3 Å². The maximum Gasteiger partial charge on any atom is 0.222 e. The molecule has 2 fully saturated rings. The molecule has 2 aromatic heterocycles.